The molecular weight excluding hydrogens is 336 g/mol. The Morgan fingerprint density at radius 1 is 1.40 bits per heavy atom. The van der Waals surface area contributed by atoms with Gasteiger partial charge < -0.3 is 10.6 Å². The standard InChI is InChI=1S/C18H26N4O2S/c1-3-4-5-10-22-11-20-17-14(18(22)24)12(2)15(25-17)16(23)21-13-6-8-19-9-7-13/h11,13,19H,3-10H2,1-2H3,(H,21,23). The zero-order valence-corrected chi connectivity index (χ0v) is 15.7. The fraction of sp³-hybridized carbons (Fsp3) is 0.611. The lowest BCUT2D eigenvalue weighted by atomic mass is 10.1. The zero-order chi connectivity index (χ0) is 17.8. The SMILES string of the molecule is CCCCCn1cnc2sc(C(=O)NC3CCNCC3)c(C)c2c1=O. The van der Waals surface area contributed by atoms with Crippen LogP contribution in [0.25, 0.3) is 10.2 Å². The van der Waals surface area contributed by atoms with Gasteiger partial charge in [0, 0.05) is 12.6 Å². The fourth-order valence-electron chi connectivity index (χ4n) is 3.28. The normalized spacial score (nSPS) is 15.6. The first-order valence-corrected chi connectivity index (χ1v) is 9.93. The summed E-state index contributed by atoms with van der Waals surface area (Å²) >= 11 is 1.32. The highest BCUT2D eigenvalue weighted by Gasteiger charge is 2.22. The molecule has 1 saturated heterocycles. The number of fused-ring (bicyclic) bond motifs is 1. The maximum absolute atomic E-state index is 12.8. The quantitative estimate of drug-likeness (QED) is 0.774. The Balaban J connectivity index is 1.84. The van der Waals surface area contributed by atoms with Crippen molar-refractivity contribution >= 4 is 27.5 Å². The molecular formula is C18H26N4O2S. The number of thiophene rings is 1. The monoisotopic (exact) mass is 362 g/mol. The summed E-state index contributed by atoms with van der Waals surface area (Å²) in [6.07, 6.45) is 6.68. The van der Waals surface area contributed by atoms with Gasteiger partial charge >= 0.3 is 0 Å². The number of aromatic nitrogens is 2. The lowest BCUT2D eigenvalue weighted by Gasteiger charge is -2.23. The van der Waals surface area contributed by atoms with Crippen LogP contribution in [0.2, 0.25) is 0 Å². The number of piperidine rings is 1. The molecule has 0 aliphatic carbocycles. The van der Waals surface area contributed by atoms with E-state index in [0.29, 0.717) is 21.6 Å². The van der Waals surface area contributed by atoms with E-state index < -0.39 is 0 Å². The average Bonchev–Trinajstić information content (AvgIpc) is 2.95. The van der Waals surface area contributed by atoms with Gasteiger partial charge in [-0.2, -0.15) is 0 Å². The molecule has 3 heterocycles. The number of rotatable bonds is 6. The Morgan fingerprint density at radius 3 is 2.88 bits per heavy atom. The van der Waals surface area contributed by atoms with E-state index in [1.165, 1.54) is 11.3 Å². The van der Waals surface area contributed by atoms with Crippen LogP contribution in [0.3, 0.4) is 0 Å². The molecule has 6 nitrogen and oxygen atoms in total. The number of nitrogens with zero attached hydrogens (tertiary/aromatic N) is 2. The number of aryl methyl sites for hydroxylation is 2. The Hall–Kier alpha value is -1.73. The van der Waals surface area contributed by atoms with Gasteiger partial charge in [-0.3, -0.25) is 14.2 Å². The molecule has 0 atom stereocenters. The van der Waals surface area contributed by atoms with Gasteiger partial charge in [-0.1, -0.05) is 19.8 Å². The van der Waals surface area contributed by atoms with Crippen molar-refractivity contribution in [2.45, 2.75) is 58.5 Å². The number of unbranched alkanes of at least 4 members (excludes halogenated alkanes) is 2. The van der Waals surface area contributed by atoms with E-state index in [2.05, 4.69) is 22.5 Å². The first-order valence-electron chi connectivity index (χ1n) is 9.12. The molecule has 136 valence electrons. The highest BCUT2D eigenvalue weighted by Crippen LogP contribution is 2.27. The molecule has 7 heteroatoms. The van der Waals surface area contributed by atoms with E-state index >= 15 is 0 Å². The molecule has 1 fully saturated rings. The molecule has 2 aromatic heterocycles. The molecule has 0 radical (unpaired) electrons. The molecule has 1 aliphatic rings. The minimum atomic E-state index is -0.0793. The average molecular weight is 362 g/mol. The summed E-state index contributed by atoms with van der Waals surface area (Å²) in [7, 11) is 0. The van der Waals surface area contributed by atoms with E-state index in [0.717, 1.165) is 50.8 Å². The minimum Gasteiger partial charge on any atom is -0.349 e. The summed E-state index contributed by atoms with van der Waals surface area (Å²) in [5.74, 6) is -0.0793. The van der Waals surface area contributed by atoms with Crippen LogP contribution >= 0.6 is 11.3 Å². The number of carbonyl (C=O) groups excluding carboxylic acids is 1. The van der Waals surface area contributed by atoms with Gasteiger partial charge in [0.1, 0.15) is 4.83 Å². The molecule has 0 bridgehead atoms. The van der Waals surface area contributed by atoms with Crippen LogP contribution in [-0.2, 0) is 6.54 Å². The van der Waals surface area contributed by atoms with E-state index in [4.69, 9.17) is 0 Å². The van der Waals surface area contributed by atoms with Crippen molar-refractivity contribution in [3.63, 3.8) is 0 Å². The van der Waals surface area contributed by atoms with Crippen molar-refractivity contribution in [1.82, 2.24) is 20.2 Å². The van der Waals surface area contributed by atoms with Gasteiger partial charge in [-0.15, -0.1) is 11.3 Å². The van der Waals surface area contributed by atoms with Crippen molar-refractivity contribution < 1.29 is 4.79 Å². The smallest absolute Gasteiger partial charge is 0.262 e. The lowest BCUT2D eigenvalue weighted by molar-refractivity contribution is 0.0933. The second kappa shape index (κ2) is 8.10. The highest BCUT2D eigenvalue weighted by atomic mass is 32.1. The summed E-state index contributed by atoms with van der Waals surface area (Å²) in [5.41, 5.74) is 0.726. The molecule has 2 N–H and O–H groups in total. The third-order valence-corrected chi connectivity index (χ3v) is 6.00. The van der Waals surface area contributed by atoms with Gasteiger partial charge in [-0.05, 0) is 44.8 Å². The van der Waals surface area contributed by atoms with E-state index in [-0.39, 0.29) is 17.5 Å². The maximum Gasteiger partial charge on any atom is 0.262 e. The van der Waals surface area contributed by atoms with Crippen LogP contribution in [-0.4, -0.2) is 34.6 Å². The zero-order valence-electron chi connectivity index (χ0n) is 14.9. The Bertz CT molecular complexity index is 805. The second-order valence-electron chi connectivity index (χ2n) is 6.68. The molecule has 1 amide bonds. The van der Waals surface area contributed by atoms with Crippen molar-refractivity contribution in [3.8, 4) is 0 Å². The summed E-state index contributed by atoms with van der Waals surface area (Å²) in [5, 5.41) is 7.00. The van der Waals surface area contributed by atoms with Crippen LogP contribution in [0, 0.1) is 6.92 Å². The molecule has 0 saturated carbocycles. The first kappa shape index (κ1) is 18.1. The van der Waals surface area contributed by atoms with E-state index in [1.807, 2.05) is 6.92 Å². The first-order chi connectivity index (χ1) is 12.1. The van der Waals surface area contributed by atoms with Crippen molar-refractivity contribution in [1.29, 1.82) is 0 Å². The summed E-state index contributed by atoms with van der Waals surface area (Å²) in [4.78, 5) is 31.1. The number of nitrogens with one attached hydrogen (secondary N) is 2. The third-order valence-electron chi connectivity index (χ3n) is 4.80. The summed E-state index contributed by atoms with van der Waals surface area (Å²) in [6, 6.07) is 0.206. The maximum atomic E-state index is 12.8. The van der Waals surface area contributed by atoms with Crippen molar-refractivity contribution in [3.05, 3.63) is 27.1 Å². The van der Waals surface area contributed by atoms with Crippen LogP contribution in [0.5, 0.6) is 0 Å². The molecule has 25 heavy (non-hydrogen) atoms. The van der Waals surface area contributed by atoms with Crippen LogP contribution in [0.1, 0.15) is 54.3 Å². The predicted molar refractivity (Wildman–Crippen MR) is 101 cm³/mol. The van der Waals surface area contributed by atoms with Gasteiger partial charge in [0.2, 0.25) is 0 Å². The topological polar surface area (TPSA) is 76.0 Å². The molecule has 0 unspecified atom stereocenters. The fourth-order valence-corrected chi connectivity index (χ4v) is 4.33. The molecule has 0 aromatic carbocycles. The van der Waals surface area contributed by atoms with Gasteiger partial charge in [0.05, 0.1) is 16.6 Å². The van der Waals surface area contributed by atoms with Crippen LogP contribution in [0.4, 0.5) is 0 Å². The molecule has 3 rings (SSSR count). The predicted octanol–water partition coefficient (Wildman–Crippen LogP) is 2.44. The highest BCUT2D eigenvalue weighted by molar-refractivity contribution is 7.20. The van der Waals surface area contributed by atoms with Gasteiger partial charge in [0.25, 0.3) is 11.5 Å². The van der Waals surface area contributed by atoms with E-state index in [9.17, 15) is 9.59 Å². The Morgan fingerprint density at radius 2 is 2.16 bits per heavy atom. The van der Waals surface area contributed by atoms with Crippen LogP contribution < -0.4 is 16.2 Å². The lowest BCUT2D eigenvalue weighted by Crippen LogP contribution is -2.42. The number of carbonyl (C=O) groups is 1. The molecule has 1 aliphatic heterocycles. The number of amides is 1. The van der Waals surface area contributed by atoms with Crippen LogP contribution in [0.15, 0.2) is 11.1 Å². The number of hydrogen-bond acceptors (Lipinski definition) is 5. The van der Waals surface area contributed by atoms with E-state index in [1.54, 1.807) is 10.9 Å². The number of hydrogen-bond donors (Lipinski definition) is 2. The minimum absolute atomic E-state index is 0.0317. The van der Waals surface area contributed by atoms with Crippen molar-refractivity contribution in [2.75, 3.05) is 13.1 Å². The molecule has 0 spiro atoms. The van der Waals surface area contributed by atoms with Gasteiger partial charge in [0.15, 0.2) is 0 Å². The van der Waals surface area contributed by atoms with Crippen molar-refractivity contribution in [2.24, 2.45) is 0 Å². The third kappa shape index (κ3) is 3.93. The second-order valence-corrected chi connectivity index (χ2v) is 7.68. The largest absolute Gasteiger partial charge is 0.349 e. The summed E-state index contributed by atoms with van der Waals surface area (Å²) < 4.78 is 1.67. The Labute approximate surface area is 151 Å². The summed E-state index contributed by atoms with van der Waals surface area (Å²) in [6.45, 7) is 6.54. The molecule has 2 aromatic rings. The Kier molecular flexibility index (Phi) is 5.86. The van der Waals surface area contributed by atoms with Gasteiger partial charge in [-0.25, -0.2) is 4.98 Å².